The van der Waals surface area contributed by atoms with Gasteiger partial charge in [0.15, 0.2) is 0 Å². The summed E-state index contributed by atoms with van der Waals surface area (Å²) >= 11 is 3.04. The minimum atomic E-state index is -1.65. The van der Waals surface area contributed by atoms with Crippen molar-refractivity contribution in [2.45, 2.75) is 193 Å². The van der Waals surface area contributed by atoms with E-state index >= 15 is 0 Å². The van der Waals surface area contributed by atoms with Gasteiger partial charge in [0.2, 0.25) is 53.2 Å². The first-order chi connectivity index (χ1) is 36.2. The highest BCUT2D eigenvalue weighted by atomic mass is 32.2. The highest BCUT2D eigenvalue weighted by Gasteiger charge is 2.41. The van der Waals surface area contributed by atoms with Crippen LogP contribution in [-0.4, -0.2) is 190 Å². The molecule has 442 valence electrons. The van der Waals surface area contributed by atoms with Crippen LogP contribution in [0.15, 0.2) is 0 Å². The Hall–Kier alpha value is -4.76. The van der Waals surface area contributed by atoms with Gasteiger partial charge in [0.1, 0.15) is 54.4 Å². The summed E-state index contributed by atoms with van der Waals surface area (Å²) in [5, 5.41) is 51.4. The lowest BCUT2D eigenvalue weighted by Crippen LogP contribution is -2.63. The van der Waals surface area contributed by atoms with Gasteiger partial charge in [-0.05, 0) is 113 Å². The Balaban J connectivity index is 3.36. The van der Waals surface area contributed by atoms with E-state index in [1.807, 2.05) is 19.4 Å². The predicted molar refractivity (Wildman–Crippen MR) is 297 cm³/mol. The number of carboxylic acids is 1. The molecule has 26 heteroatoms. The topological polar surface area (TPSA) is 383 Å². The first-order valence-corrected chi connectivity index (χ1v) is 29.7. The van der Waals surface area contributed by atoms with Crippen molar-refractivity contribution in [3.63, 3.8) is 0 Å². The second-order valence-corrected chi connectivity index (χ2v) is 22.7. The Morgan fingerprint density at radius 1 is 0.597 bits per heavy atom. The molecule has 1 aliphatic heterocycles. The third-order valence-electron chi connectivity index (χ3n) is 13.6. The number of carbonyl (C=O) groups excluding carboxylic acids is 9. The number of hydrogen-bond donors (Lipinski definition) is 13. The number of unbranched alkanes of at least 4 members (excludes halogenated alkanes) is 1. The molecule has 0 aromatic heterocycles. The normalized spacial score (nSPS) is 18.1. The van der Waals surface area contributed by atoms with E-state index in [1.165, 1.54) is 23.6 Å². The van der Waals surface area contributed by atoms with E-state index in [0.717, 1.165) is 0 Å². The number of rotatable bonds is 37. The monoisotopic (exact) mass is 1130 g/mol. The molecular weight excluding hydrogens is 1040 g/mol. The molecule has 0 aromatic carbocycles. The molecule has 0 bridgehead atoms. The Kier molecular flexibility index (Phi) is 33.2. The molecule has 15 N–H and O–H groups in total. The molecule has 1 fully saturated rings. The van der Waals surface area contributed by atoms with E-state index in [0.29, 0.717) is 62.9 Å². The van der Waals surface area contributed by atoms with Gasteiger partial charge < -0.3 is 74.2 Å². The summed E-state index contributed by atoms with van der Waals surface area (Å²) in [5.41, 5.74) is 11.9. The number of hydrogen-bond acceptors (Lipinski definition) is 16. The SMILES string of the molecule is CC[C@H](C)[C@H](NC(=O)[C@H](CO)NC(=O)[C@H](CCCCN)NC(=O)[C@@H](NC(=O)[C@@H]1CCCN1C(=O)[C@H](CCSC)NC(=O)[C@@H](N)CCSC)[C@@H](C)CC)C(=O)N[C@H](C(=O)N[C@H](C(=O)N[C@@H](CC(C)C)C(=O)O)[C@@H](C)O)C(C)C. The minimum absolute atomic E-state index is 0.0386. The number of nitrogens with zero attached hydrogens (tertiary/aromatic N) is 1. The third-order valence-corrected chi connectivity index (χ3v) is 14.9. The summed E-state index contributed by atoms with van der Waals surface area (Å²) in [7, 11) is 0. The number of aliphatic hydroxyl groups is 2. The number of aliphatic hydroxyl groups excluding tert-OH is 2. The second kappa shape index (κ2) is 36.4. The molecule has 0 spiro atoms. The molecule has 1 rings (SSSR count). The number of nitrogens with one attached hydrogen (secondary N) is 8. The van der Waals surface area contributed by atoms with Crippen LogP contribution >= 0.6 is 23.5 Å². The lowest BCUT2D eigenvalue weighted by atomic mass is 9.96. The molecule has 9 amide bonds. The fraction of sp³-hybridized carbons (Fsp3) is 0.804. The van der Waals surface area contributed by atoms with Gasteiger partial charge in [-0.2, -0.15) is 23.5 Å². The maximum atomic E-state index is 14.2. The second-order valence-electron chi connectivity index (χ2n) is 20.7. The van der Waals surface area contributed by atoms with Crippen molar-refractivity contribution in [2.24, 2.45) is 35.1 Å². The molecule has 24 nitrogen and oxygen atoms in total. The van der Waals surface area contributed by atoms with Gasteiger partial charge in [0.25, 0.3) is 0 Å². The van der Waals surface area contributed by atoms with Gasteiger partial charge in [0.05, 0.1) is 18.8 Å². The van der Waals surface area contributed by atoms with Crippen molar-refractivity contribution in [2.75, 3.05) is 43.7 Å². The first kappa shape index (κ1) is 70.3. The average Bonchev–Trinajstić information content (AvgIpc) is 3.88. The highest BCUT2D eigenvalue weighted by Crippen LogP contribution is 2.22. The van der Waals surface area contributed by atoms with Crippen molar-refractivity contribution >= 4 is 82.7 Å². The molecule has 77 heavy (non-hydrogen) atoms. The van der Waals surface area contributed by atoms with Crippen LogP contribution in [0.1, 0.15) is 127 Å². The van der Waals surface area contributed by atoms with Crippen LogP contribution < -0.4 is 54.0 Å². The molecule has 1 heterocycles. The van der Waals surface area contributed by atoms with Crippen LogP contribution in [0.5, 0.6) is 0 Å². The number of carboxylic acid groups (broad SMARTS) is 1. The van der Waals surface area contributed by atoms with Gasteiger partial charge in [-0.15, -0.1) is 0 Å². The molecular formula is C51H93N11O13S2. The van der Waals surface area contributed by atoms with E-state index in [-0.39, 0.29) is 31.8 Å². The molecule has 1 aliphatic rings. The van der Waals surface area contributed by atoms with Crippen molar-refractivity contribution in [1.29, 1.82) is 0 Å². The lowest BCUT2D eigenvalue weighted by molar-refractivity contribution is -0.143. The minimum Gasteiger partial charge on any atom is -0.480 e. The fourth-order valence-corrected chi connectivity index (χ4v) is 9.39. The molecule has 0 radical (unpaired) electrons. The third kappa shape index (κ3) is 23.6. The molecule has 0 unspecified atom stereocenters. The average molecular weight is 1130 g/mol. The quantitative estimate of drug-likeness (QED) is 0.0334. The zero-order valence-corrected chi connectivity index (χ0v) is 48.7. The largest absolute Gasteiger partial charge is 0.480 e. The van der Waals surface area contributed by atoms with Gasteiger partial charge >= 0.3 is 5.97 Å². The van der Waals surface area contributed by atoms with Crippen LogP contribution in [0, 0.1) is 23.7 Å². The predicted octanol–water partition coefficient (Wildman–Crippen LogP) is -0.930. The van der Waals surface area contributed by atoms with Crippen molar-refractivity contribution < 1.29 is 63.3 Å². The summed E-state index contributed by atoms with van der Waals surface area (Å²) in [6.45, 7) is 14.5. The van der Waals surface area contributed by atoms with E-state index in [9.17, 15) is 63.3 Å². The number of aliphatic carboxylic acids is 1. The van der Waals surface area contributed by atoms with E-state index in [2.05, 4.69) is 42.5 Å². The number of thioether (sulfide) groups is 2. The van der Waals surface area contributed by atoms with Crippen LogP contribution in [0.4, 0.5) is 0 Å². The van der Waals surface area contributed by atoms with Crippen molar-refractivity contribution in [1.82, 2.24) is 47.4 Å². The summed E-state index contributed by atoms with van der Waals surface area (Å²) in [6.07, 6.45) is 5.48. The van der Waals surface area contributed by atoms with Gasteiger partial charge in [0, 0.05) is 6.54 Å². The summed E-state index contributed by atoms with van der Waals surface area (Å²) in [6, 6.07) is -12.4. The zero-order chi connectivity index (χ0) is 58.7. The Morgan fingerprint density at radius 3 is 1.60 bits per heavy atom. The summed E-state index contributed by atoms with van der Waals surface area (Å²) < 4.78 is 0. The zero-order valence-electron chi connectivity index (χ0n) is 47.1. The molecule has 1 saturated heterocycles. The first-order valence-electron chi connectivity index (χ1n) is 26.9. The van der Waals surface area contributed by atoms with Gasteiger partial charge in [-0.1, -0.05) is 68.2 Å². The number of amides is 9. The lowest BCUT2D eigenvalue weighted by Gasteiger charge is -2.32. The number of likely N-dealkylation sites (tertiary alicyclic amines) is 1. The van der Waals surface area contributed by atoms with E-state index in [1.54, 1.807) is 60.2 Å². The van der Waals surface area contributed by atoms with Crippen molar-refractivity contribution in [3.05, 3.63) is 0 Å². The van der Waals surface area contributed by atoms with Crippen molar-refractivity contribution in [3.8, 4) is 0 Å². The Morgan fingerprint density at radius 2 is 1.08 bits per heavy atom. The molecule has 0 saturated carbocycles. The van der Waals surface area contributed by atoms with Gasteiger partial charge in [-0.25, -0.2) is 4.79 Å². The number of carbonyl (C=O) groups is 10. The standard InChI is InChI=1S/C51H93N11O13S2/c1-12-29(7)39(60-45(68)37-18-16-22-62(37)50(73)34(20-24-77-11)55-42(65)32(53)19-23-76-10)47(70)54-33(17-14-15-21-52)43(66)57-36(26-63)44(67)59-40(30(8)13-2)48(71)58-38(28(5)6)46(69)61-41(31(9)64)49(72)56-35(51(74)75)25-27(3)4/h27-41,63-64H,12-26,52-53H2,1-11H3,(H,54,70)(H,55,65)(H,56,72)(H,57,66)(H,58,71)(H,59,67)(H,60,68)(H,61,69)(H,74,75)/t29-,30-,31+,32-,33-,34-,35-,36-,37-,38-,39-,40-,41-/m0/s1. The van der Waals surface area contributed by atoms with Crippen LogP contribution in [0.25, 0.3) is 0 Å². The summed E-state index contributed by atoms with van der Waals surface area (Å²) in [5.74, 6) is -8.61. The Bertz CT molecular complexity index is 1940. The maximum absolute atomic E-state index is 14.2. The highest BCUT2D eigenvalue weighted by molar-refractivity contribution is 7.98. The smallest absolute Gasteiger partial charge is 0.326 e. The number of nitrogens with two attached hydrogens (primary N) is 2. The molecule has 0 aromatic rings. The van der Waals surface area contributed by atoms with Crippen LogP contribution in [-0.2, 0) is 47.9 Å². The summed E-state index contributed by atoms with van der Waals surface area (Å²) in [4.78, 5) is 138. The maximum Gasteiger partial charge on any atom is 0.326 e. The molecule has 13 atom stereocenters. The van der Waals surface area contributed by atoms with E-state index in [4.69, 9.17) is 11.5 Å². The fourth-order valence-electron chi connectivity index (χ4n) is 8.43. The Labute approximate surface area is 463 Å². The van der Waals surface area contributed by atoms with Gasteiger partial charge in [-0.3, -0.25) is 43.2 Å². The molecule has 0 aliphatic carbocycles. The van der Waals surface area contributed by atoms with Crippen LogP contribution in [0.3, 0.4) is 0 Å². The van der Waals surface area contributed by atoms with E-state index < -0.39 is 150 Å². The van der Waals surface area contributed by atoms with Crippen LogP contribution in [0.2, 0.25) is 0 Å².